The largest absolute Gasteiger partial charge is 0.481 e. The maximum Gasteiger partial charge on any atom is 0.319 e. The van der Waals surface area contributed by atoms with E-state index in [0.29, 0.717) is 17.7 Å². The monoisotopic (exact) mass is 436 g/mol. The molecule has 2 unspecified atom stereocenters. The van der Waals surface area contributed by atoms with Crippen molar-refractivity contribution in [1.29, 1.82) is 5.26 Å². The number of aliphatic hydroxyl groups excluding tert-OH is 1. The molecular weight excluding hydrogens is 412 g/mol. The third kappa shape index (κ3) is 5.42. The lowest BCUT2D eigenvalue weighted by Crippen LogP contribution is -2.58. The summed E-state index contributed by atoms with van der Waals surface area (Å²) in [4.78, 5) is 38.6. The standard InChI is InChI=1S/C23H24N4O5/c1-14(28)21(26-23(32)25-18-8-4-5-15(9-18)12-24)22(31)27-13-17-7-3-2-6-16(17)10-19(27)11-20(29)30/h2-9,14,19,21,28H,10-11,13H2,1H3,(H,29,30)(H2,25,26,32)/t14?,19-,21?/m1/s1. The maximum absolute atomic E-state index is 13.3. The molecule has 4 N–H and O–H groups in total. The second kappa shape index (κ2) is 9.94. The lowest BCUT2D eigenvalue weighted by atomic mass is 9.91. The lowest BCUT2D eigenvalue weighted by Gasteiger charge is -2.39. The summed E-state index contributed by atoms with van der Waals surface area (Å²) in [7, 11) is 0. The summed E-state index contributed by atoms with van der Waals surface area (Å²) in [5.74, 6) is -1.61. The summed E-state index contributed by atoms with van der Waals surface area (Å²) in [6.45, 7) is 1.56. The SMILES string of the molecule is CC(O)C(NC(=O)Nc1cccc(C#N)c1)C(=O)N1Cc2ccccc2C[C@@H]1CC(=O)O. The molecule has 0 spiro atoms. The van der Waals surface area contributed by atoms with Crippen molar-refractivity contribution in [2.45, 2.75) is 44.5 Å². The number of nitrogens with zero attached hydrogens (tertiary/aromatic N) is 2. The van der Waals surface area contributed by atoms with Crippen LogP contribution in [-0.4, -0.2) is 51.2 Å². The number of carbonyl (C=O) groups excluding carboxylic acids is 2. The first-order valence-electron chi connectivity index (χ1n) is 10.1. The second-order valence-corrected chi connectivity index (χ2v) is 7.70. The van der Waals surface area contributed by atoms with Gasteiger partial charge in [0.25, 0.3) is 0 Å². The van der Waals surface area contributed by atoms with E-state index in [2.05, 4.69) is 10.6 Å². The Hall–Kier alpha value is -3.90. The number of carboxylic acid groups (broad SMARTS) is 1. The number of fused-ring (bicyclic) bond motifs is 1. The molecule has 9 nitrogen and oxygen atoms in total. The number of urea groups is 1. The van der Waals surface area contributed by atoms with Gasteiger partial charge in [-0.15, -0.1) is 0 Å². The van der Waals surface area contributed by atoms with Gasteiger partial charge in [0, 0.05) is 18.3 Å². The number of aliphatic hydroxyl groups is 1. The highest BCUT2D eigenvalue weighted by Gasteiger charge is 2.37. The molecule has 0 saturated carbocycles. The van der Waals surface area contributed by atoms with E-state index in [9.17, 15) is 24.6 Å². The van der Waals surface area contributed by atoms with E-state index in [-0.39, 0.29) is 13.0 Å². The molecule has 3 atom stereocenters. The van der Waals surface area contributed by atoms with Crippen molar-refractivity contribution in [1.82, 2.24) is 10.2 Å². The zero-order valence-corrected chi connectivity index (χ0v) is 17.5. The Labute approximate surface area is 185 Å². The number of rotatable bonds is 6. The molecule has 0 radical (unpaired) electrons. The van der Waals surface area contributed by atoms with E-state index in [1.165, 1.54) is 17.9 Å². The van der Waals surface area contributed by atoms with E-state index in [1.54, 1.807) is 18.2 Å². The topological polar surface area (TPSA) is 143 Å². The average Bonchev–Trinajstić information content (AvgIpc) is 2.76. The highest BCUT2D eigenvalue weighted by atomic mass is 16.4. The minimum Gasteiger partial charge on any atom is -0.481 e. The van der Waals surface area contributed by atoms with Gasteiger partial charge in [0.05, 0.1) is 24.2 Å². The molecular formula is C23H24N4O5. The molecule has 1 heterocycles. The third-order valence-electron chi connectivity index (χ3n) is 5.33. The number of carboxylic acids is 1. The Morgan fingerprint density at radius 2 is 1.91 bits per heavy atom. The van der Waals surface area contributed by atoms with Gasteiger partial charge >= 0.3 is 12.0 Å². The number of nitrogens with one attached hydrogen (secondary N) is 2. The molecule has 9 heteroatoms. The quantitative estimate of drug-likeness (QED) is 0.544. The zero-order chi connectivity index (χ0) is 23.3. The van der Waals surface area contributed by atoms with Crippen molar-refractivity contribution in [3.63, 3.8) is 0 Å². The molecule has 1 aliphatic heterocycles. The molecule has 3 rings (SSSR count). The van der Waals surface area contributed by atoms with E-state index >= 15 is 0 Å². The Bertz CT molecular complexity index is 1060. The van der Waals surface area contributed by atoms with Gasteiger partial charge in [0.1, 0.15) is 6.04 Å². The minimum atomic E-state index is -1.28. The molecule has 1 aliphatic rings. The van der Waals surface area contributed by atoms with E-state index in [0.717, 1.165) is 11.1 Å². The normalized spacial score (nSPS) is 16.8. The van der Waals surface area contributed by atoms with E-state index in [1.807, 2.05) is 30.3 Å². The average molecular weight is 436 g/mol. The summed E-state index contributed by atoms with van der Waals surface area (Å²) in [5.41, 5.74) is 2.58. The summed E-state index contributed by atoms with van der Waals surface area (Å²) < 4.78 is 0. The molecule has 32 heavy (non-hydrogen) atoms. The van der Waals surface area contributed by atoms with E-state index in [4.69, 9.17) is 5.26 Å². The number of hydrogen-bond acceptors (Lipinski definition) is 5. The number of anilines is 1. The van der Waals surface area contributed by atoms with Gasteiger partial charge < -0.3 is 25.7 Å². The third-order valence-corrected chi connectivity index (χ3v) is 5.33. The van der Waals surface area contributed by atoms with Crippen LogP contribution in [0.2, 0.25) is 0 Å². The summed E-state index contributed by atoms with van der Waals surface area (Å²) in [5, 5.41) is 33.6. The Morgan fingerprint density at radius 1 is 1.19 bits per heavy atom. The fourth-order valence-electron chi connectivity index (χ4n) is 3.77. The maximum atomic E-state index is 13.3. The van der Waals surface area contributed by atoms with Crippen LogP contribution < -0.4 is 10.6 Å². The molecule has 2 aromatic rings. The fraction of sp³-hybridized carbons (Fsp3) is 0.304. The van der Waals surface area contributed by atoms with Crippen molar-refractivity contribution < 1.29 is 24.6 Å². The Balaban J connectivity index is 1.78. The van der Waals surface area contributed by atoms with Crippen LogP contribution in [0.3, 0.4) is 0 Å². The lowest BCUT2D eigenvalue weighted by molar-refractivity contribution is -0.143. The van der Waals surface area contributed by atoms with Gasteiger partial charge in [-0.25, -0.2) is 4.79 Å². The second-order valence-electron chi connectivity index (χ2n) is 7.70. The van der Waals surface area contributed by atoms with Crippen LogP contribution in [0.25, 0.3) is 0 Å². The smallest absolute Gasteiger partial charge is 0.319 e. The van der Waals surface area contributed by atoms with Gasteiger partial charge in [-0.2, -0.15) is 5.26 Å². The van der Waals surface area contributed by atoms with Crippen LogP contribution in [0.15, 0.2) is 48.5 Å². The van der Waals surface area contributed by atoms with E-state index < -0.39 is 36.1 Å². The summed E-state index contributed by atoms with van der Waals surface area (Å²) >= 11 is 0. The molecule has 0 aromatic heterocycles. The van der Waals surface area contributed by atoms with Crippen LogP contribution in [0.5, 0.6) is 0 Å². The van der Waals surface area contributed by atoms with Crippen molar-refractivity contribution in [2.75, 3.05) is 5.32 Å². The van der Waals surface area contributed by atoms with Crippen molar-refractivity contribution in [3.05, 3.63) is 65.2 Å². The zero-order valence-electron chi connectivity index (χ0n) is 17.5. The first-order valence-corrected chi connectivity index (χ1v) is 10.1. The molecule has 0 bridgehead atoms. The van der Waals surface area contributed by atoms with Crippen molar-refractivity contribution in [3.8, 4) is 6.07 Å². The molecule has 2 aromatic carbocycles. The van der Waals surface area contributed by atoms with Crippen LogP contribution in [0.1, 0.15) is 30.0 Å². The molecule has 3 amide bonds. The highest BCUT2D eigenvalue weighted by Crippen LogP contribution is 2.26. The first kappa shape index (κ1) is 22.8. The molecule has 0 aliphatic carbocycles. The number of benzene rings is 2. The van der Waals surface area contributed by atoms with Crippen molar-refractivity contribution in [2.24, 2.45) is 0 Å². The van der Waals surface area contributed by atoms with Gasteiger partial charge in [0.15, 0.2) is 0 Å². The number of hydrogen-bond donors (Lipinski definition) is 4. The summed E-state index contributed by atoms with van der Waals surface area (Å²) in [6.07, 6.45) is -1.10. The predicted molar refractivity (Wildman–Crippen MR) is 116 cm³/mol. The van der Waals surface area contributed by atoms with Gasteiger partial charge in [-0.3, -0.25) is 9.59 Å². The first-order chi connectivity index (χ1) is 15.3. The number of amides is 3. The molecule has 0 saturated heterocycles. The van der Waals surface area contributed by atoms with Crippen LogP contribution >= 0.6 is 0 Å². The molecule has 0 fully saturated rings. The van der Waals surface area contributed by atoms with Crippen LogP contribution in [0.4, 0.5) is 10.5 Å². The van der Waals surface area contributed by atoms with Gasteiger partial charge in [-0.1, -0.05) is 30.3 Å². The van der Waals surface area contributed by atoms with Crippen LogP contribution in [-0.2, 0) is 22.6 Å². The predicted octanol–water partition coefficient (Wildman–Crippen LogP) is 1.86. The Kier molecular flexibility index (Phi) is 7.07. The Morgan fingerprint density at radius 3 is 2.56 bits per heavy atom. The van der Waals surface area contributed by atoms with Gasteiger partial charge in [-0.05, 0) is 42.7 Å². The fourth-order valence-corrected chi connectivity index (χ4v) is 3.77. The number of aliphatic carboxylic acids is 1. The van der Waals surface area contributed by atoms with Crippen molar-refractivity contribution >= 4 is 23.6 Å². The summed E-state index contributed by atoms with van der Waals surface area (Å²) in [6, 6.07) is 13.1. The van der Waals surface area contributed by atoms with Gasteiger partial charge in [0.2, 0.25) is 5.91 Å². The molecule has 166 valence electrons. The van der Waals surface area contributed by atoms with Crippen LogP contribution in [0, 0.1) is 11.3 Å². The number of carbonyl (C=O) groups is 3. The minimum absolute atomic E-state index is 0.184. The highest BCUT2D eigenvalue weighted by molar-refractivity contribution is 5.94. The number of nitriles is 1.